The number of amidine groups is 1. The fourth-order valence-electron chi connectivity index (χ4n) is 2.90. The van der Waals surface area contributed by atoms with Crippen molar-refractivity contribution in [3.63, 3.8) is 0 Å². The Labute approximate surface area is 180 Å². The van der Waals surface area contributed by atoms with E-state index >= 15 is 0 Å². The van der Waals surface area contributed by atoms with E-state index in [9.17, 15) is 4.79 Å². The largest absolute Gasteiger partial charge is 0.457 e. The van der Waals surface area contributed by atoms with Crippen LogP contribution in [0.25, 0.3) is 0 Å². The standard InChI is InChI=1S/C23H22ClN3O3/c1-29-21(18-6-5-9-20(14-18)30-19-7-3-2-4-8-19)23(28)27(24)15-16-10-12-17(13-11-16)22(25)26/h2-14,21H,15H2,1H3,(H3,25,26). The smallest absolute Gasteiger partial charge is 0.270 e. The molecule has 0 radical (unpaired) electrons. The van der Waals surface area contributed by atoms with Crippen molar-refractivity contribution < 1.29 is 14.3 Å². The number of hydrogen-bond acceptors (Lipinski definition) is 4. The van der Waals surface area contributed by atoms with Gasteiger partial charge in [0.15, 0.2) is 6.10 Å². The lowest BCUT2D eigenvalue weighted by Gasteiger charge is -2.21. The van der Waals surface area contributed by atoms with Crippen molar-refractivity contribution in [1.29, 1.82) is 5.41 Å². The van der Waals surface area contributed by atoms with Gasteiger partial charge in [-0.3, -0.25) is 10.2 Å². The quantitative estimate of drug-likeness (QED) is 0.314. The number of benzene rings is 3. The molecule has 1 unspecified atom stereocenters. The molecule has 3 N–H and O–H groups in total. The molecular weight excluding hydrogens is 402 g/mol. The highest BCUT2D eigenvalue weighted by Crippen LogP contribution is 2.28. The summed E-state index contributed by atoms with van der Waals surface area (Å²) in [5.74, 6) is 0.876. The fourth-order valence-corrected chi connectivity index (χ4v) is 3.13. The summed E-state index contributed by atoms with van der Waals surface area (Å²) in [5, 5.41) is 7.44. The van der Waals surface area contributed by atoms with E-state index < -0.39 is 12.0 Å². The Bertz CT molecular complexity index is 1010. The van der Waals surface area contributed by atoms with Crippen LogP contribution in [0.4, 0.5) is 0 Å². The van der Waals surface area contributed by atoms with Crippen molar-refractivity contribution in [2.75, 3.05) is 7.11 Å². The summed E-state index contributed by atoms with van der Waals surface area (Å²) in [4.78, 5) is 12.9. The van der Waals surface area contributed by atoms with Crippen molar-refractivity contribution >= 4 is 23.5 Å². The van der Waals surface area contributed by atoms with Crippen molar-refractivity contribution in [3.8, 4) is 11.5 Å². The van der Waals surface area contributed by atoms with E-state index in [-0.39, 0.29) is 12.4 Å². The van der Waals surface area contributed by atoms with Gasteiger partial charge in [-0.1, -0.05) is 54.6 Å². The van der Waals surface area contributed by atoms with Crippen molar-refractivity contribution in [1.82, 2.24) is 4.42 Å². The Hall–Kier alpha value is -3.35. The molecule has 1 amide bonds. The first-order valence-electron chi connectivity index (χ1n) is 9.24. The third kappa shape index (κ3) is 5.37. The number of nitrogens with one attached hydrogen (secondary N) is 1. The summed E-state index contributed by atoms with van der Waals surface area (Å²) in [6.07, 6.45) is -0.877. The van der Waals surface area contributed by atoms with E-state index in [4.69, 9.17) is 32.4 Å². The molecule has 6 nitrogen and oxygen atoms in total. The third-order valence-corrected chi connectivity index (χ3v) is 4.71. The van der Waals surface area contributed by atoms with Gasteiger partial charge < -0.3 is 15.2 Å². The summed E-state index contributed by atoms with van der Waals surface area (Å²) in [6, 6.07) is 23.5. The maximum Gasteiger partial charge on any atom is 0.270 e. The summed E-state index contributed by atoms with van der Waals surface area (Å²) in [5.41, 5.74) is 7.51. The molecule has 0 fully saturated rings. The molecule has 0 heterocycles. The first-order chi connectivity index (χ1) is 14.5. The van der Waals surface area contributed by atoms with Crippen LogP contribution in [0.1, 0.15) is 22.8 Å². The van der Waals surface area contributed by atoms with Crippen LogP contribution in [-0.2, 0) is 16.1 Å². The summed E-state index contributed by atoms with van der Waals surface area (Å²) in [6.45, 7) is 0.179. The SMILES string of the molecule is COC(C(=O)N(Cl)Cc1ccc(C(=N)N)cc1)c1cccc(Oc2ccccc2)c1. The maximum absolute atomic E-state index is 12.9. The van der Waals surface area contributed by atoms with Crippen LogP contribution in [0.15, 0.2) is 78.9 Å². The van der Waals surface area contributed by atoms with E-state index in [2.05, 4.69) is 0 Å². The van der Waals surface area contributed by atoms with Gasteiger partial charge in [-0.25, -0.2) is 4.42 Å². The predicted octanol–water partition coefficient (Wildman–Crippen LogP) is 4.63. The van der Waals surface area contributed by atoms with E-state index in [1.165, 1.54) is 7.11 Å². The number of halogens is 1. The molecule has 0 aliphatic heterocycles. The number of nitrogens with two attached hydrogens (primary N) is 1. The molecule has 0 aromatic heterocycles. The van der Waals surface area contributed by atoms with Gasteiger partial charge >= 0.3 is 0 Å². The summed E-state index contributed by atoms with van der Waals surface area (Å²) >= 11 is 6.27. The van der Waals surface area contributed by atoms with E-state index in [1.807, 2.05) is 36.4 Å². The molecule has 3 aromatic carbocycles. The van der Waals surface area contributed by atoms with Crippen molar-refractivity contribution in [2.45, 2.75) is 12.6 Å². The molecule has 30 heavy (non-hydrogen) atoms. The van der Waals surface area contributed by atoms with Gasteiger partial charge in [-0.2, -0.15) is 0 Å². The number of ether oxygens (including phenoxy) is 2. The van der Waals surface area contributed by atoms with Gasteiger partial charge in [0, 0.05) is 24.4 Å². The number of amides is 1. The number of methoxy groups -OCH3 is 1. The zero-order valence-electron chi connectivity index (χ0n) is 16.4. The maximum atomic E-state index is 12.9. The van der Waals surface area contributed by atoms with E-state index in [0.717, 1.165) is 9.98 Å². The van der Waals surface area contributed by atoms with Crippen LogP contribution in [0.2, 0.25) is 0 Å². The molecule has 0 saturated heterocycles. The van der Waals surface area contributed by atoms with E-state index in [1.54, 1.807) is 42.5 Å². The molecule has 0 spiro atoms. The molecule has 0 saturated carbocycles. The van der Waals surface area contributed by atoms with Crippen molar-refractivity contribution in [3.05, 3.63) is 95.6 Å². The second-order valence-corrected chi connectivity index (χ2v) is 6.98. The Morgan fingerprint density at radius 3 is 2.33 bits per heavy atom. The monoisotopic (exact) mass is 423 g/mol. The minimum absolute atomic E-state index is 0.0163. The zero-order chi connectivity index (χ0) is 21.5. The van der Waals surface area contributed by atoms with Crippen LogP contribution in [0.3, 0.4) is 0 Å². The molecule has 0 aliphatic carbocycles. The van der Waals surface area contributed by atoms with Gasteiger partial charge in [0.1, 0.15) is 17.3 Å². The van der Waals surface area contributed by atoms with E-state index in [0.29, 0.717) is 22.6 Å². The summed E-state index contributed by atoms with van der Waals surface area (Å²) < 4.78 is 12.4. The summed E-state index contributed by atoms with van der Waals surface area (Å²) in [7, 11) is 1.46. The number of carbonyl (C=O) groups is 1. The van der Waals surface area contributed by atoms with Gasteiger partial charge in [0.25, 0.3) is 5.91 Å². The molecular formula is C23H22ClN3O3. The Morgan fingerprint density at radius 1 is 1.03 bits per heavy atom. The Balaban J connectivity index is 1.72. The average molecular weight is 424 g/mol. The van der Waals surface area contributed by atoms with Crippen LogP contribution in [-0.4, -0.2) is 23.3 Å². The minimum Gasteiger partial charge on any atom is -0.457 e. The number of carbonyl (C=O) groups excluding carboxylic acids is 1. The lowest BCUT2D eigenvalue weighted by Crippen LogP contribution is -2.28. The Kier molecular flexibility index (Phi) is 7.06. The molecule has 154 valence electrons. The first-order valence-corrected chi connectivity index (χ1v) is 9.58. The highest BCUT2D eigenvalue weighted by atomic mass is 35.5. The van der Waals surface area contributed by atoms with Crippen LogP contribution in [0, 0.1) is 5.41 Å². The van der Waals surface area contributed by atoms with Crippen LogP contribution >= 0.6 is 11.8 Å². The molecule has 0 aliphatic rings. The molecule has 7 heteroatoms. The lowest BCUT2D eigenvalue weighted by molar-refractivity contribution is -0.137. The number of hydrogen-bond donors (Lipinski definition) is 2. The number of rotatable bonds is 8. The number of nitrogens with zero attached hydrogens (tertiary/aromatic N) is 1. The first kappa shape index (κ1) is 21.4. The zero-order valence-corrected chi connectivity index (χ0v) is 17.2. The van der Waals surface area contributed by atoms with Crippen LogP contribution < -0.4 is 10.5 Å². The van der Waals surface area contributed by atoms with Crippen molar-refractivity contribution in [2.24, 2.45) is 5.73 Å². The second-order valence-electron chi connectivity index (χ2n) is 6.57. The normalized spacial score (nSPS) is 11.5. The lowest BCUT2D eigenvalue weighted by atomic mass is 10.1. The molecule has 1 atom stereocenters. The highest BCUT2D eigenvalue weighted by Gasteiger charge is 2.25. The van der Waals surface area contributed by atoms with Crippen LogP contribution in [0.5, 0.6) is 11.5 Å². The topological polar surface area (TPSA) is 88.6 Å². The Morgan fingerprint density at radius 2 is 1.70 bits per heavy atom. The average Bonchev–Trinajstić information content (AvgIpc) is 2.75. The van der Waals surface area contributed by atoms with Gasteiger partial charge in [-0.15, -0.1) is 0 Å². The fraction of sp³-hybridized carbons (Fsp3) is 0.130. The highest BCUT2D eigenvalue weighted by molar-refractivity contribution is 6.21. The molecule has 3 rings (SSSR count). The van der Waals surface area contributed by atoms with Gasteiger partial charge in [0.05, 0.1) is 6.54 Å². The van der Waals surface area contributed by atoms with Gasteiger partial charge in [-0.05, 0) is 35.4 Å². The van der Waals surface area contributed by atoms with Gasteiger partial charge in [0.2, 0.25) is 0 Å². The third-order valence-electron chi connectivity index (χ3n) is 4.43. The number of nitrogen functional groups attached to an aromatic ring is 1. The second kappa shape index (κ2) is 9.91. The molecule has 0 bridgehead atoms. The molecule has 3 aromatic rings. The number of para-hydroxylation sites is 1. The predicted molar refractivity (Wildman–Crippen MR) is 117 cm³/mol. The minimum atomic E-state index is -0.877.